The Morgan fingerprint density at radius 1 is 0.897 bits per heavy atom. The summed E-state index contributed by atoms with van der Waals surface area (Å²) in [5.74, 6) is 1.38. The number of aromatic nitrogens is 3. The van der Waals surface area contributed by atoms with Crippen molar-refractivity contribution in [2.24, 2.45) is 0 Å². The largest absolute Gasteiger partial charge is 0.469 e. The van der Waals surface area contributed by atoms with Crippen LogP contribution in [0.4, 0.5) is 0 Å². The van der Waals surface area contributed by atoms with Crippen molar-refractivity contribution in [2.45, 2.75) is 12.8 Å². The highest BCUT2D eigenvalue weighted by Crippen LogP contribution is 2.23. The van der Waals surface area contributed by atoms with Crippen molar-refractivity contribution in [2.75, 3.05) is 0 Å². The van der Waals surface area contributed by atoms with Crippen LogP contribution < -0.4 is 5.56 Å². The fourth-order valence-electron chi connectivity index (χ4n) is 3.56. The van der Waals surface area contributed by atoms with Crippen LogP contribution in [0, 0.1) is 0 Å². The van der Waals surface area contributed by atoms with E-state index in [1.165, 1.54) is 0 Å². The molecule has 3 aromatic rings. The van der Waals surface area contributed by atoms with E-state index >= 15 is 0 Å². The SMILES string of the molecule is O=c1c(Cc2ccco2)nc2c(Cc3ccccc3)[nH]c(-c3ccccc3)cn1-2. The molecule has 5 heteroatoms. The fourth-order valence-corrected chi connectivity index (χ4v) is 3.56. The first kappa shape index (κ1) is 17.3. The summed E-state index contributed by atoms with van der Waals surface area (Å²) in [5.41, 5.74) is 4.32. The smallest absolute Gasteiger partial charge is 0.278 e. The molecule has 0 spiro atoms. The number of hydrogen-bond acceptors (Lipinski definition) is 3. The maximum Gasteiger partial charge on any atom is 0.278 e. The Hall–Kier alpha value is -3.86. The van der Waals surface area contributed by atoms with E-state index in [-0.39, 0.29) is 5.56 Å². The lowest BCUT2D eigenvalue weighted by Crippen LogP contribution is -2.17. The molecule has 0 aliphatic carbocycles. The molecule has 3 heterocycles. The summed E-state index contributed by atoms with van der Waals surface area (Å²) in [4.78, 5) is 21.3. The van der Waals surface area contributed by atoms with Gasteiger partial charge in [-0.25, -0.2) is 4.98 Å². The van der Waals surface area contributed by atoms with E-state index in [9.17, 15) is 4.79 Å². The minimum absolute atomic E-state index is 0.114. The van der Waals surface area contributed by atoms with Gasteiger partial charge in [0.2, 0.25) is 0 Å². The predicted molar refractivity (Wildman–Crippen MR) is 112 cm³/mol. The standard InChI is InChI=1S/C24H19N3O2/c28-24-21(15-19-12-7-13-29-19)26-23-20(14-17-8-3-1-4-9-17)25-22(16-27(23)24)18-10-5-2-6-11-18/h1-13,16,25H,14-15H2. The van der Waals surface area contributed by atoms with E-state index in [1.54, 1.807) is 10.8 Å². The summed E-state index contributed by atoms with van der Waals surface area (Å²) in [6.07, 6.45) is 4.47. The molecule has 142 valence electrons. The Kier molecular flexibility index (Phi) is 4.33. The molecule has 0 saturated heterocycles. The molecule has 2 aliphatic heterocycles. The van der Waals surface area contributed by atoms with Gasteiger partial charge in [0.25, 0.3) is 5.56 Å². The van der Waals surface area contributed by atoms with Gasteiger partial charge in [-0.15, -0.1) is 0 Å². The quantitative estimate of drug-likeness (QED) is 0.489. The van der Waals surface area contributed by atoms with Crippen molar-refractivity contribution >= 4 is 0 Å². The molecule has 2 aromatic carbocycles. The fraction of sp³-hybridized carbons (Fsp3) is 0.0833. The number of fused-ring (bicyclic) bond motifs is 1. The van der Waals surface area contributed by atoms with E-state index in [1.807, 2.05) is 66.9 Å². The van der Waals surface area contributed by atoms with E-state index < -0.39 is 0 Å². The molecule has 2 aliphatic rings. The van der Waals surface area contributed by atoms with Crippen LogP contribution >= 0.6 is 0 Å². The number of furan rings is 1. The zero-order valence-electron chi connectivity index (χ0n) is 15.7. The third-order valence-electron chi connectivity index (χ3n) is 4.98. The molecule has 0 bridgehead atoms. The van der Waals surface area contributed by atoms with Gasteiger partial charge in [0, 0.05) is 12.6 Å². The van der Waals surface area contributed by atoms with Crippen molar-refractivity contribution in [3.8, 4) is 17.1 Å². The second-order valence-electron chi connectivity index (χ2n) is 6.99. The molecule has 0 radical (unpaired) electrons. The second kappa shape index (κ2) is 7.28. The van der Waals surface area contributed by atoms with Crippen LogP contribution in [0.15, 0.2) is 94.5 Å². The highest BCUT2D eigenvalue weighted by molar-refractivity contribution is 5.60. The monoisotopic (exact) mass is 381 g/mol. The molecule has 0 atom stereocenters. The van der Waals surface area contributed by atoms with Crippen molar-refractivity contribution in [3.63, 3.8) is 0 Å². The van der Waals surface area contributed by atoms with Crippen molar-refractivity contribution in [1.29, 1.82) is 0 Å². The van der Waals surface area contributed by atoms with E-state index in [0.29, 0.717) is 24.4 Å². The van der Waals surface area contributed by atoms with Crippen molar-refractivity contribution in [3.05, 3.63) is 118 Å². The summed E-state index contributed by atoms with van der Waals surface area (Å²) in [5, 5.41) is 0. The van der Waals surface area contributed by atoms with Crippen LogP contribution in [-0.4, -0.2) is 14.5 Å². The van der Waals surface area contributed by atoms with Gasteiger partial charge in [-0.2, -0.15) is 0 Å². The van der Waals surface area contributed by atoms with E-state index in [0.717, 1.165) is 28.3 Å². The number of nitrogens with zero attached hydrogens (tertiary/aromatic N) is 2. The first-order valence-electron chi connectivity index (χ1n) is 9.53. The van der Waals surface area contributed by atoms with Gasteiger partial charge in [0.1, 0.15) is 11.5 Å². The van der Waals surface area contributed by atoms with Crippen molar-refractivity contribution < 1.29 is 4.42 Å². The summed E-state index contributed by atoms with van der Waals surface area (Å²) >= 11 is 0. The van der Waals surface area contributed by atoms with Crippen molar-refractivity contribution in [1.82, 2.24) is 14.5 Å². The topological polar surface area (TPSA) is 63.8 Å². The minimum atomic E-state index is -0.114. The van der Waals surface area contributed by atoms with Gasteiger partial charge in [0.05, 0.1) is 24.1 Å². The second-order valence-corrected chi connectivity index (χ2v) is 6.99. The lowest BCUT2D eigenvalue weighted by Gasteiger charge is -2.13. The number of imidazole rings is 1. The van der Waals surface area contributed by atoms with Crippen LogP contribution in [0.2, 0.25) is 0 Å². The van der Waals surface area contributed by atoms with Crippen LogP contribution in [0.5, 0.6) is 0 Å². The Morgan fingerprint density at radius 2 is 1.66 bits per heavy atom. The number of aromatic amines is 1. The van der Waals surface area contributed by atoms with Gasteiger partial charge in [-0.3, -0.25) is 9.36 Å². The maximum absolute atomic E-state index is 13.1. The highest BCUT2D eigenvalue weighted by Gasteiger charge is 2.20. The average molecular weight is 381 g/mol. The molecular weight excluding hydrogens is 362 g/mol. The summed E-state index contributed by atoms with van der Waals surface area (Å²) in [6, 6.07) is 23.8. The number of hydrogen-bond donors (Lipinski definition) is 1. The Bertz CT molecular complexity index is 1250. The summed E-state index contributed by atoms with van der Waals surface area (Å²) in [7, 11) is 0. The molecule has 5 rings (SSSR count). The zero-order chi connectivity index (χ0) is 19.6. The first-order chi connectivity index (χ1) is 14.3. The normalized spacial score (nSPS) is 11.2. The van der Waals surface area contributed by atoms with Crippen LogP contribution in [0.3, 0.4) is 0 Å². The lowest BCUT2D eigenvalue weighted by molar-refractivity contribution is 0.519. The molecule has 5 nitrogen and oxygen atoms in total. The number of nitrogens with one attached hydrogen (secondary N) is 1. The molecule has 0 amide bonds. The van der Waals surface area contributed by atoms with E-state index in [4.69, 9.17) is 4.42 Å². The lowest BCUT2D eigenvalue weighted by atomic mass is 10.1. The molecule has 0 saturated carbocycles. The summed E-state index contributed by atoms with van der Waals surface area (Å²) in [6.45, 7) is 0. The van der Waals surface area contributed by atoms with Crippen LogP contribution in [0.25, 0.3) is 17.1 Å². The maximum atomic E-state index is 13.1. The molecule has 0 fully saturated rings. The predicted octanol–water partition coefficient (Wildman–Crippen LogP) is 4.44. The van der Waals surface area contributed by atoms with Crippen LogP contribution in [-0.2, 0) is 12.8 Å². The van der Waals surface area contributed by atoms with Gasteiger partial charge < -0.3 is 9.40 Å². The van der Waals surface area contributed by atoms with Gasteiger partial charge in [-0.05, 0) is 23.3 Å². The first-order valence-corrected chi connectivity index (χ1v) is 9.53. The number of rotatable bonds is 5. The average Bonchev–Trinajstić information content (AvgIpc) is 3.38. The molecule has 29 heavy (non-hydrogen) atoms. The molecule has 1 N–H and O–H groups in total. The minimum Gasteiger partial charge on any atom is -0.469 e. The highest BCUT2D eigenvalue weighted by atomic mass is 16.3. The Labute approximate surface area is 167 Å². The zero-order valence-corrected chi connectivity index (χ0v) is 15.7. The summed E-state index contributed by atoms with van der Waals surface area (Å²) < 4.78 is 7.06. The Morgan fingerprint density at radius 3 is 2.38 bits per heavy atom. The molecule has 1 aromatic heterocycles. The molecular formula is C24H19N3O2. The van der Waals surface area contributed by atoms with Gasteiger partial charge in [0.15, 0.2) is 5.82 Å². The number of benzene rings is 2. The number of H-pyrrole nitrogens is 1. The molecule has 0 unspecified atom stereocenters. The van der Waals surface area contributed by atoms with Gasteiger partial charge in [-0.1, -0.05) is 60.7 Å². The third-order valence-corrected chi connectivity index (χ3v) is 4.98. The van der Waals surface area contributed by atoms with Gasteiger partial charge >= 0.3 is 0 Å². The van der Waals surface area contributed by atoms with E-state index in [2.05, 4.69) is 22.1 Å². The Balaban J connectivity index is 1.66. The van der Waals surface area contributed by atoms with Crippen LogP contribution in [0.1, 0.15) is 22.7 Å². The third kappa shape index (κ3) is 3.38.